The first kappa shape index (κ1) is 15.2. The molecular weight excluding hydrogens is 321 g/mol. The van der Waals surface area contributed by atoms with Crippen LogP contribution in [0.3, 0.4) is 0 Å². The highest BCUT2D eigenvalue weighted by Crippen LogP contribution is 2.27. The highest BCUT2D eigenvalue weighted by molar-refractivity contribution is 6.31. The van der Waals surface area contributed by atoms with Crippen LogP contribution in [0.25, 0.3) is 0 Å². The normalized spacial score (nSPS) is 17.2. The molecule has 116 valence electrons. The summed E-state index contributed by atoms with van der Waals surface area (Å²) >= 11 is 5.76. The molecule has 1 N–H and O–H groups in total. The third-order valence-electron chi connectivity index (χ3n) is 3.51. The molecule has 1 amide bonds. The quantitative estimate of drug-likeness (QED) is 0.933. The highest BCUT2D eigenvalue weighted by atomic mass is 35.5. The summed E-state index contributed by atoms with van der Waals surface area (Å²) in [5, 5.41) is 11.6. The molecular formula is C15H11ClFN5O. The van der Waals surface area contributed by atoms with E-state index in [1.54, 1.807) is 4.90 Å². The molecule has 0 aliphatic carbocycles. The molecule has 1 saturated heterocycles. The van der Waals surface area contributed by atoms with Crippen LogP contribution >= 0.6 is 11.6 Å². The highest BCUT2D eigenvalue weighted by Gasteiger charge is 2.33. The smallest absolute Gasteiger partial charge is 0.249 e. The molecule has 8 heteroatoms. The van der Waals surface area contributed by atoms with E-state index in [4.69, 9.17) is 16.9 Å². The van der Waals surface area contributed by atoms with Gasteiger partial charge in [0.2, 0.25) is 5.91 Å². The molecule has 1 atom stereocenters. The fourth-order valence-electron chi connectivity index (χ4n) is 2.36. The van der Waals surface area contributed by atoms with E-state index in [9.17, 15) is 9.18 Å². The van der Waals surface area contributed by atoms with Crippen molar-refractivity contribution in [3.8, 4) is 6.07 Å². The molecule has 2 aromatic rings. The van der Waals surface area contributed by atoms with Gasteiger partial charge < -0.3 is 10.2 Å². The average Bonchev–Trinajstić information content (AvgIpc) is 2.92. The molecule has 0 radical (unpaired) electrons. The van der Waals surface area contributed by atoms with Crippen molar-refractivity contribution in [3.63, 3.8) is 0 Å². The number of nitriles is 1. The number of benzene rings is 1. The second kappa shape index (κ2) is 6.18. The Hall–Kier alpha value is -2.72. The van der Waals surface area contributed by atoms with Crippen molar-refractivity contribution in [1.82, 2.24) is 9.97 Å². The Kier molecular flexibility index (Phi) is 4.08. The van der Waals surface area contributed by atoms with Crippen molar-refractivity contribution in [2.75, 3.05) is 16.8 Å². The lowest BCUT2D eigenvalue weighted by Crippen LogP contribution is -2.33. The zero-order chi connectivity index (χ0) is 16.4. The summed E-state index contributed by atoms with van der Waals surface area (Å²) in [7, 11) is 0. The predicted molar refractivity (Wildman–Crippen MR) is 82.5 cm³/mol. The van der Waals surface area contributed by atoms with Gasteiger partial charge in [0.1, 0.15) is 23.7 Å². The number of rotatable bonds is 3. The number of hydrogen-bond acceptors (Lipinski definition) is 5. The number of amides is 1. The minimum Gasteiger partial charge on any atom is -0.357 e. The Morgan fingerprint density at radius 1 is 1.39 bits per heavy atom. The van der Waals surface area contributed by atoms with E-state index < -0.39 is 11.9 Å². The van der Waals surface area contributed by atoms with E-state index in [2.05, 4.69) is 15.3 Å². The van der Waals surface area contributed by atoms with Crippen LogP contribution in [0.4, 0.5) is 15.9 Å². The van der Waals surface area contributed by atoms with Gasteiger partial charge in [0.25, 0.3) is 0 Å². The summed E-state index contributed by atoms with van der Waals surface area (Å²) < 4.78 is 13.2. The van der Waals surface area contributed by atoms with Gasteiger partial charge in [-0.25, -0.2) is 14.4 Å². The van der Waals surface area contributed by atoms with Gasteiger partial charge in [0.15, 0.2) is 5.69 Å². The summed E-state index contributed by atoms with van der Waals surface area (Å²) in [5.41, 5.74) is 0.757. The Labute approximate surface area is 136 Å². The second-order valence-corrected chi connectivity index (χ2v) is 5.38. The molecule has 0 unspecified atom stereocenters. The molecule has 0 saturated carbocycles. The number of carbonyl (C=O) groups excluding carboxylic acids is 1. The molecule has 0 bridgehead atoms. The summed E-state index contributed by atoms with van der Waals surface area (Å²) in [6.07, 6.45) is 3.30. The maximum atomic E-state index is 13.2. The minimum atomic E-state index is -0.524. The molecule has 1 aliphatic heterocycles. The molecule has 1 aliphatic rings. The van der Waals surface area contributed by atoms with Crippen LogP contribution in [0.1, 0.15) is 12.1 Å². The number of carbonyl (C=O) groups is 1. The molecule has 1 aromatic carbocycles. The Balaban J connectivity index is 1.73. The molecule has 0 spiro atoms. The monoisotopic (exact) mass is 331 g/mol. The van der Waals surface area contributed by atoms with Crippen molar-refractivity contribution >= 4 is 29.0 Å². The number of anilines is 2. The van der Waals surface area contributed by atoms with Crippen LogP contribution in [0, 0.1) is 17.1 Å². The molecule has 3 rings (SSSR count). The summed E-state index contributed by atoms with van der Waals surface area (Å²) in [6, 6.07) is 5.60. The van der Waals surface area contributed by atoms with Crippen molar-refractivity contribution in [1.29, 1.82) is 5.26 Å². The van der Waals surface area contributed by atoms with E-state index in [-0.39, 0.29) is 16.6 Å². The van der Waals surface area contributed by atoms with Gasteiger partial charge in [0.05, 0.1) is 17.4 Å². The number of nitrogens with one attached hydrogen (secondary N) is 1. The number of nitrogens with zero attached hydrogens (tertiary/aromatic N) is 4. The summed E-state index contributed by atoms with van der Waals surface area (Å²) in [6.45, 7) is 0.488. The van der Waals surface area contributed by atoms with Crippen molar-refractivity contribution in [3.05, 3.63) is 47.1 Å². The Morgan fingerprint density at radius 3 is 2.87 bits per heavy atom. The Morgan fingerprint density at radius 2 is 2.22 bits per heavy atom. The number of aromatic nitrogens is 2. The lowest BCUT2D eigenvalue weighted by molar-refractivity contribution is -0.117. The van der Waals surface area contributed by atoms with Crippen molar-refractivity contribution < 1.29 is 9.18 Å². The van der Waals surface area contributed by atoms with E-state index in [0.29, 0.717) is 24.5 Å². The van der Waals surface area contributed by atoms with Gasteiger partial charge in [-0.15, -0.1) is 0 Å². The molecule has 1 aromatic heterocycles. The van der Waals surface area contributed by atoms with E-state index in [0.717, 1.165) is 0 Å². The molecule has 2 heterocycles. The van der Waals surface area contributed by atoms with Gasteiger partial charge >= 0.3 is 0 Å². The van der Waals surface area contributed by atoms with Crippen LogP contribution in [-0.4, -0.2) is 28.5 Å². The van der Waals surface area contributed by atoms with Crippen LogP contribution in [0.2, 0.25) is 5.02 Å². The summed E-state index contributed by atoms with van der Waals surface area (Å²) in [4.78, 5) is 21.9. The first-order valence-electron chi connectivity index (χ1n) is 6.83. The third-order valence-corrected chi connectivity index (χ3v) is 3.80. The van der Waals surface area contributed by atoms with Crippen LogP contribution in [0.5, 0.6) is 0 Å². The number of hydrogen-bond donors (Lipinski definition) is 1. The molecule has 23 heavy (non-hydrogen) atoms. The Bertz CT molecular complexity index is 789. The van der Waals surface area contributed by atoms with Crippen LogP contribution < -0.4 is 10.2 Å². The fraction of sp³-hybridized carbons (Fsp3) is 0.200. The SMILES string of the molecule is N#Cc1cnc(N[C@@H]2CCN(c3ccc(F)c(Cl)c3)C2=O)cn1. The lowest BCUT2D eigenvalue weighted by atomic mass is 10.2. The lowest BCUT2D eigenvalue weighted by Gasteiger charge is -2.17. The topological polar surface area (TPSA) is 81.9 Å². The predicted octanol–water partition coefficient (Wildman–Crippen LogP) is 2.36. The maximum absolute atomic E-state index is 13.2. The standard InChI is InChI=1S/C15H11ClFN5O/c16-11-5-10(1-2-12(11)17)22-4-3-13(15(22)23)21-14-8-19-9(6-18)7-20-14/h1-2,5,7-8,13H,3-4H2,(H,20,21)/t13-/m1/s1. The van der Waals surface area contributed by atoms with Crippen molar-refractivity contribution in [2.24, 2.45) is 0 Å². The molecule has 6 nitrogen and oxygen atoms in total. The van der Waals surface area contributed by atoms with Gasteiger partial charge in [-0.3, -0.25) is 4.79 Å². The van der Waals surface area contributed by atoms with Crippen LogP contribution in [0.15, 0.2) is 30.6 Å². The molecule has 1 fully saturated rings. The maximum Gasteiger partial charge on any atom is 0.249 e. The zero-order valence-electron chi connectivity index (χ0n) is 11.8. The first-order valence-corrected chi connectivity index (χ1v) is 7.21. The van der Waals surface area contributed by atoms with Gasteiger partial charge in [0, 0.05) is 12.2 Å². The minimum absolute atomic E-state index is 0.0235. The largest absolute Gasteiger partial charge is 0.357 e. The zero-order valence-corrected chi connectivity index (χ0v) is 12.6. The second-order valence-electron chi connectivity index (χ2n) is 4.97. The summed E-state index contributed by atoms with van der Waals surface area (Å²) in [5.74, 6) is -0.259. The number of halogens is 2. The fourth-order valence-corrected chi connectivity index (χ4v) is 2.54. The van der Waals surface area contributed by atoms with E-state index in [1.165, 1.54) is 30.6 Å². The first-order chi connectivity index (χ1) is 11.1. The van der Waals surface area contributed by atoms with Crippen LogP contribution in [-0.2, 0) is 4.79 Å². The van der Waals surface area contributed by atoms with Gasteiger partial charge in [-0.05, 0) is 24.6 Å². The van der Waals surface area contributed by atoms with Crippen molar-refractivity contribution in [2.45, 2.75) is 12.5 Å². The van der Waals surface area contributed by atoms with Gasteiger partial charge in [-0.1, -0.05) is 11.6 Å². The van der Waals surface area contributed by atoms with E-state index >= 15 is 0 Å². The third kappa shape index (κ3) is 3.07. The van der Waals surface area contributed by atoms with E-state index in [1.807, 2.05) is 6.07 Å². The average molecular weight is 332 g/mol. The van der Waals surface area contributed by atoms with Gasteiger partial charge in [-0.2, -0.15) is 5.26 Å².